The minimum atomic E-state index is -0.133. The largest absolute Gasteiger partial charge is 0.457 e. The van der Waals surface area contributed by atoms with E-state index >= 15 is 0 Å². The van der Waals surface area contributed by atoms with Crippen molar-refractivity contribution >= 4 is 29.2 Å². The number of hydrogen-bond acceptors (Lipinski definition) is 4. The minimum absolute atomic E-state index is 0.0783. The molecule has 168 valence electrons. The summed E-state index contributed by atoms with van der Waals surface area (Å²) in [6, 6.07) is 19.4. The summed E-state index contributed by atoms with van der Waals surface area (Å²) in [6.45, 7) is 1.58. The molecule has 0 bridgehead atoms. The maximum Gasteiger partial charge on any atom is 0.256 e. The number of rotatable bonds is 4. The Morgan fingerprint density at radius 1 is 1.03 bits per heavy atom. The Labute approximate surface area is 193 Å². The maximum absolute atomic E-state index is 12.9. The Balaban J connectivity index is 1.29. The van der Waals surface area contributed by atoms with E-state index in [1.54, 1.807) is 6.08 Å². The molecule has 5 rings (SSSR count). The van der Waals surface area contributed by atoms with Crippen molar-refractivity contribution in [1.82, 2.24) is 9.80 Å². The zero-order valence-corrected chi connectivity index (χ0v) is 18.9. The van der Waals surface area contributed by atoms with Crippen LogP contribution in [0.15, 0.2) is 65.1 Å². The van der Waals surface area contributed by atoms with Gasteiger partial charge in [-0.15, -0.1) is 0 Å². The average Bonchev–Trinajstić information content (AvgIpc) is 3.43. The molecule has 0 spiro atoms. The summed E-state index contributed by atoms with van der Waals surface area (Å²) in [5, 5.41) is 2.87. The number of furan rings is 1. The summed E-state index contributed by atoms with van der Waals surface area (Å²) in [5.41, 5.74) is 3.85. The zero-order valence-electron chi connectivity index (χ0n) is 18.9. The van der Waals surface area contributed by atoms with Gasteiger partial charge in [-0.25, -0.2) is 0 Å². The van der Waals surface area contributed by atoms with E-state index in [0.717, 1.165) is 42.7 Å². The lowest BCUT2D eigenvalue weighted by atomic mass is 10.0. The fourth-order valence-electron chi connectivity index (χ4n) is 4.56. The maximum atomic E-state index is 12.9. The van der Waals surface area contributed by atoms with Gasteiger partial charge >= 0.3 is 0 Å². The number of carbonyl (C=O) groups excluding carboxylic acids is 2. The Bertz CT molecular complexity index is 1220. The van der Waals surface area contributed by atoms with Gasteiger partial charge in [0.1, 0.15) is 11.5 Å². The number of hydrogen-bond donors (Lipinski definition) is 1. The predicted octanol–water partition coefficient (Wildman–Crippen LogP) is 4.61. The smallest absolute Gasteiger partial charge is 0.256 e. The summed E-state index contributed by atoms with van der Waals surface area (Å²) in [7, 11) is 4.19. The summed E-state index contributed by atoms with van der Waals surface area (Å²) >= 11 is 0. The van der Waals surface area contributed by atoms with Gasteiger partial charge in [-0.2, -0.15) is 0 Å². The van der Waals surface area contributed by atoms with Gasteiger partial charge in [-0.1, -0.05) is 30.3 Å². The Kier molecular flexibility index (Phi) is 5.60. The van der Waals surface area contributed by atoms with Gasteiger partial charge in [0, 0.05) is 41.5 Å². The number of likely N-dealkylation sites (tertiary alicyclic amines) is 1. The number of amides is 2. The van der Waals surface area contributed by atoms with E-state index in [2.05, 4.69) is 24.3 Å². The lowest BCUT2D eigenvalue weighted by molar-refractivity contribution is -0.110. The second-order valence-electron chi connectivity index (χ2n) is 8.82. The van der Waals surface area contributed by atoms with Gasteiger partial charge in [0.05, 0.1) is 5.57 Å². The highest BCUT2D eigenvalue weighted by atomic mass is 16.3. The van der Waals surface area contributed by atoms with Crippen LogP contribution in [-0.2, 0) is 4.79 Å². The summed E-state index contributed by atoms with van der Waals surface area (Å²) < 4.78 is 5.99. The number of fused-ring (bicyclic) bond motifs is 1. The molecular formula is C27H27N3O3. The molecular weight excluding hydrogens is 414 g/mol. The van der Waals surface area contributed by atoms with Crippen molar-refractivity contribution in [3.63, 3.8) is 0 Å². The fraction of sp³-hybridized carbons (Fsp3) is 0.259. The molecule has 2 amide bonds. The zero-order chi connectivity index (χ0) is 22.9. The first-order valence-corrected chi connectivity index (χ1v) is 11.3. The topological polar surface area (TPSA) is 65.8 Å². The van der Waals surface area contributed by atoms with Crippen LogP contribution >= 0.6 is 0 Å². The van der Waals surface area contributed by atoms with Gasteiger partial charge in [0.15, 0.2) is 0 Å². The van der Waals surface area contributed by atoms with Crippen LogP contribution in [0.4, 0.5) is 5.69 Å². The first-order chi connectivity index (χ1) is 16.0. The van der Waals surface area contributed by atoms with E-state index in [0.29, 0.717) is 28.7 Å². The van der Waals surface area contributed by atoms with Crippen LogP contribution in [0.5, 0.6) is 0 Å². The van der Waals surface area contributed by atoms with Crippen molar-refractivity contribution in [3.8, 4) is 11.3 Å². The number of benzene rings is 2. The highest BCUT2D eigenvalue weighted by Gasteiger charge is 2.25. The first-order valence-electron chi connectivity index (χ1n) is 11.3. The third kappa shape index (κ3) is 4.22. The molecule has 3 aromatic rings. The van der Waals surface area contributed by atoms with Crippen molar-refractivity contribution in [3.05, 3.63) is 77.6 Å². The molecule has 33 heavy (non-hydrogen) atoms. The van der Waals surface area contributed by atoms with Gasteiger partial charge in [-0.3, -0.25) is 9.59 Å². The molecule has 0 aliphatic carbocycles. The fourth-order valence-corrected chi connectivity index (χ4v) is 4.56. The van der Waals surface area contributed by atoms with Crippen LogP contribution in [0.3, 0.4) is 0 Å². The van der Waals surface area contributed by atoms with Crippen molar-refractivity contribution in [2.75, 3.05) is 32.5 Å². The number of carbonyl (C=O) groups is 2. The minimum Gasteiger partial charge on any atom is -0.457 e. The van der Waals surface area contributed by atoms with E-state index in [9.17, 15) is 9.59 Å². The SMILES string of the molecule is CN(C)C1CCN(C(=O)c2ccc(-c3ccc(C=C4C(=O)Nc5ccccc54)o3)cc2)CC1. The third-order valence-corrected chi connectivity index (χ3v) is 6.52. The molecule has 2 aliphatic heterocycles. The average molecular weight is 442 g/mol. The lowest BCUT2D eigenvalue weighted by Crippen LogP contribution is -2.44. The number of nitrogens with zero attached hydrogens (tertiary/aromatic N) is 2. The van der Waals surface area contributed by atoms with Gasteiger partial charge in [0.2, 0.25) is 0 Å². The monoisotopic (exact) mass is 441 g/mol. The molecule has 0 radical (unpaired) electrons. The molecule has 1 saturated heterocycles. The molecule has 0 atom stereocenters. The van der Waals surface area contributed by atoms with Crippen molar-refractivity contribution < 1.29 is 14.0 Å². The number of nitrogens with one attached hydrogen (secondary N) is 1. The predicted molar refractivity (Wildman–Crippen MR) is 130 cm³/mol. The van der Waals surface area contributed by atoms with Crippen LogP contribution in [0, 0.1) is 0 Å². The Morgan fingerprint density at radius 3 is 2.48 bits per heavy atom. The van der Waals surface area contributed by atoms with Crippen LogP contribution < -0.4 is 5.32 Å². The van der Waals surface area contributed by atoms with Crippen molar-refractivity contribution in [2.45, 2.75) is 18.9 Å². The lowest BCUT2D eigenvalue weighted by Gasteiger charge is -2.35. The molecule has 0 saturated carbocycles. The summed E-state index contributed by atoms with van der Waals surface area (Å²) in [6.07, 6.45) is 3.77. The molecule has 0 unspecified atom stereocenters. The quantitative estimate of drug-likeness (QED) is 0.601. The third-order valence-electron chi connectivity index (χ3n) is 6.52. The van der Waals surface area contributed by atoms with Crippen LogP contribution in [-0.4, -0.2) is 54.8 Å². The second-order valence-corrected chi connectivity index (χ2v) is 8.82. The van der Waals surface area contributed by atoms with E-state index in [-0.39, 0.29) is 11.8 Å². The number of para-hydroxylation sites is 1. The number of anilines is 1. The van der Waals surface area contributed by atoms with Gasteiger partial charge in [0.25, 0.3) is 11.8 Å². The van der Waals surface area contributed by atoms with Crippen LogP contribution in [0.1, 0.15) is 34.5 Å². The molecule has 3 heterocycles. The standard InChI is InChI=1S/C27H27N3O3/c1-29(2)20-13-15-30(16-14-20)27(32)19-9-7-18(8-10-19)25-12-11-21(33-25)17-23-22-5-3-4-6-24(22)28-26(23)31/h3-12,17,20H,13-16H2,1-2H3,(H,28,31). The van der Waals surface area contributed by atoms with E-state index in [4.69, 9.17) is 4.42 Å². The first kappa shape index (κ1) is 21.2. The molecule has 2 aromatic carbocycles. The van der Waals surface area contributed by atoms with Gasteiger partial charge < -0.3 is 19.5 Å². The molecule has 1 aromatic heterocycles. The second kappa shape index (κ2) is 8.71. The van der Waals surface area contributed by atoms with Crippen LogP contribution in [0.2, 0.25) is 0 Å². The van der Waals surface area contributed by atoms with Crippen LogP contribution in [0.25, 0.3) is 23.0 Å². The van der Waals surface area contributed by atoms with Gasteiger partial charge in [-0.05, 0) is 63.3 Å². The molecule has 2 aliphatic rings. The van der Waals surface area contributed by atoms with E-state index in [1.165, 1.54) is 0 Å². The molecule has 1 fully saturated rings. The summed E-state index contributed by atoms with van der Waals surface area (Å²) in [4.78, 5) is 29.4. The highest BCUT2D eigenvalue weighted by molar-refractivity contribution is 6.34. The summed E-state index contributed by atoms with van der Waals surface area (Å²) in [5.74, 6) is 1.25. The van der Waals surface area contributed by atoms with Crippen molar-refractivity contribution in [1.29, 1.82) is 0 Å². The number of piperidine rings is 1. The molecule has 6 heteroatoms. The Hall–Kier alpha value is -3.64. The Morgan fingerprint density at radius 2 is 1.76 bits per heavy atom. The van der Waals surface area contributed by atoms with E-state index < -0.39 is 0 Å². The highest BCUT2D eigenvalue weighted by Crippen LogP contribution is 2.33. The molecule has 6 nitrogen and oxygen atoms in total. The van der Waals surface area contributed by atoms with Crippen molar-refractivity contribution in [2.24, 2.45) is 0 Å². The molecule has 1 N–H and O–H groups in total. The van der Waals surface area contributed by atoms with E-state index in [1.807, 2.05) is 65.6 Å². The normalized spacial score (nSPS) is 17.5.